The summed E-state index contributed by atoms with van der Waals surface area (Å²) in [7, 11) is 0. The van der Waals surface area contributed by atoms with Gasteiger partial charge in [-0.1, -0.05) is 176 Å². The molecule has 12 rings (SSSR count). The largest absolute Gasteiger partial charge is 0.457 e. The van der Waals surface area contributed by atoms with Gasteiger partial charge < -0.3 is 4.74 Å². The molecular formula is C54H35N3O. The predicted molar refractivity (Wildman–Crippen MR) is 234 cm³/mol. The number of fused-ring (bicyclic) bond motifs is 12. The zero-order valence-electron chi connectivity index (χ0n) is 31.5. The van der Waals surface area contributed by atoms with Crippen LogP contribution in [-0.2, 0) is 5.41 Å². The topological polar surface area (TPSA) is 47.9 Å². The molecule has 2 aliphatic carbocycles. The van der Waals surface area contributed by atoms with Crippen LogP contribution in [0.1, 0.15) is 28.2 Å². The average Bonchev–Trinajstić information content (AvgIpc) is 3.59. The Morgan fingerprint density at radius 1 is 0.397 bits per heavy atom. The van der Waals surface area contributed by atoms with E-state index in [0.717, 1.165) is 44.7 Å². The van der Waals surface area contributed by atoms with Crippen molar-refractivity contribution in [3.05, 3.63) is 222 Å². The van der Waals surface area contributed by atoms with Gasteiger partial charge in [0.15, 0.2) is 17.5 Å². The monoisotopic (exact) mass is 741 g/mol. The van der Waals surface area contributed by atoms with E-state index in [9.17, 15) is 0 Å². The Morgan fingerprint density at radius 3 is 1.86 bits per heavy atom. The molecule has 1 aliphatic heterocycles. The number of aromatic nitrogens is 3. The molecule has 1 spiro atoms. The summed E-state index contributed by atoms with van der Waals surface area (Å²) in [5, 5.41) is 4.82. The lowest BCUT2D eigenvalue weighted by molar-refractivity contribution is 0.374. The highest BCUT2D eigenvalue weighted by Gasteiger charge is 2.56. The molecule has 0 bridgehead atoms. The Balaban J connectivity index is 0.964. The van der Waals surface area contributed by atoms with Gasteiger partial charge in [-0.2, -0.15) is 0 Å². The number of rotatable bonds is 4. The average molecular weight is 742 g/mol. The van der Waals surface area contributed by atoms with Crippen LogP contribution in [0.3, 0.4) is 0 Å². The first-order chi connectivity index (χ1) is 28.7. The molecule has 2 heterocycles. The summed E-state index contributed by atoms with van der Waals surface area (Å²) in [5.74, 6) is 4.25. The Kier molecular flexibility index (Phi) is 7.24. The maximum Gasteiger partial charge on any atom is 0.164 e. The minimum absolute atomic E-state index is 0.218. The fourth-order valence-electron chi connectivity index (χ4n) is 9.86. The van der Waals surface area contributed by atoms with Gasteiger partial charge in [-0.3, -0.25) is 0 Å². The quantitative estimate of drug-likeness (QED) is 0.169. The van der Waals surface area contributed by atoms with Crippen molar-refractivity contribution in [2.45, 2.75) is 11.3 Å². The van der Waals surface area contributed by atoms with Gasteiger partial charge in [-0.05, 0) is 68.1 Å². The van der Waals surface area contributed by atoms with E-state index in [1.807, 2.05) is 30.3 Å². The van der Waals surface area contributed by atoms with Gasteiger partial charge in [0.25, 0.3) is 0 Å². The van der Waals surface area contributed by atoms with Crippen LogP contribution in [0.25, 0.3) is 66.8 Å². The minimum atomic E-state index is -0.395. The molecule has 1 aromatic heterocycles. The standard InChI is InChI=1S/C54H35N3O/c1-2-13-36(14-3-1)51-55-52(57-53(56-51)40-28-30-42-39(32-40)27-24-35-12-4-5-15-41(35)42)37-25-22-34(23-26-37)38-29-31-50-48(33-38)54(47-20-10-11-21-49(47)58-50)45-18-8-6-16-43(45)44-17-7-9-19-46(44)54/h1-33,43,45H. The molecule has 272 valence electrons. The van der Waals surface area contributed by atoms with Gasteiger partial charge in [0.05, 0.1) is 5.41 Å². The van der Waals surface area contributed by atoms with Crippen LogP contribution in [0.15, 0.2) is 200 Å². The number of para-hydroxylation sites is 1. The molecule has 3 unspecified atom stereocenters. The normalized spacial score (nSPS) is 18.4. The number of hydrogen-bond acceptors (Lipinski definition) is 4. The zero-order chi connectivity index (χ0) is 38.2. The summed E-state index contributed by atoms with van der Waals surface area (Å²) in [6.07, 6.45) is 9.19. The van der Waals surface area contributed by atoms with E-state index in [-0.39, 0.29) is 11.8 Å². The Morgan fingerprint density at radius 2 is 1.00 bits per heavy atom. The third kappa shape index (κ3) is 4.91. The molecule has 3 atom stereocenters. The number of benzene rings is 8. The van der Waals surface area contributed by atoms with Crippen molar-refractivity contribution in [3.63, 3.8) is 0 Å². The highest BCUT2D eigenvalue weighted by Crippen LogP contribution is 2.64. The Bertz CT molecular complexity index is 3170. The van der Waals surface area contributed by atoms with E-state index in [4.69, 9.17) is 19.7 Å². The summed E-state index contributed by atoms with van der Waals surface area (Å²) in [6.45, 7) is 0. The van der Waals surface area contributed by atoms with Crippen molar-refractivity contribution in [2.24, 2.45) is 5.92 Å². The number of nitrogens with zero attached hydrogens (tertiary/aromatic N) is 3. The summed E-state index contributed by atoms with van der Waals surface area (Å²) in [4.78, 5) is 15.2. The van der Waals surface area contributed by atoms with Gasteiger partial charge in [-0.15, -0.1) is 0 Å². The van der Waals surface area contributed by atoms with Crippen LogP contribution in [0.5, 0.6) is 11.5 Å². The molecule has 8 aromatic carbocycles. The Labute approximate surface area is 336 Å². The van der Waals surface area contributed by atoms with Gasteiger partial charge in [0.1, 0.15) is 11.5 Å². The summed E-state index contributed by atoms with van der Waals surface area (Å²) < 4.78 is 6.70. The number of hydrogen-bond donors (Lipinski definition) is 0. The maximum absolute atomic E-state index is 6.70. The fraction of sp³-hybridized carbons (Fsp3) is 0.0556. The fourth-order valence-corrected chi connectivity index (χ4v) is 9.86. The van der Waals surface area contributed by atoms with Crippen LogP contribution in [-0.4, -0.2) is 15.0 Å². The van der Waals surface area contributed by atoms with Crippen molar-refractivity contribution in [1.82, 2.24) is 15.0 Å². The first kappa shape index (κ1) is 32.8. The second-order valence-electron chi connectivity index (χ2n) is 15.5. The van der Waals surface area contributed by atoms with Gasteiger partial charge in [0, 0.05) is 39.7 Å². The van der Waals surface area contributed by atoms with Crippen LogP contribution in [0.2, 0.25) is 0 Å². The van der Waals surface area contributed by atoms with Crippen molar-refractivity contribution < 1.29 is 4.74 Å². The van der Waals surface area contributed by atoms with Crippen LogP contribution < -0.4 is 4.74 Å². The van der Waals surface area contributed by atoms with E-state index in [1.165, 1.54) is 38.4 Å². The third-order valence-electron chi connectivity index (χ3n) is 12.5. The van der Waals surface area contributed by atoms with Crippen LogP contribution in [0.4, 0.5) is 0 Å². The van der Waals surface area contributed by atoms with E-state index in [2.05, 4.69) is 170 Å². The van der Waals surface area contributed by atoms with E-state index < -0.39 is 5.41 Å². The second kappa shape index (κ2) is 12.8. The first-order valence-electron chi connectivity index (χ1n) is 19.9. The summed E-state index contributed by atoms with van der Waals surface area (Å²) >= 11 is 0. The molecule has 4 nitrogen and oxygen atoms in total. The molecule has 9 aromatic rings. The summed E-state index contributed by atoms with van der Waals surface area (Å²) in [5.41, 5.74) is 9.83. The van der Waals surface area contributed by atoms with E-state index in [1.54, 1.807) is 0 Å². The van der Waals surface area contributed by atoms with Crippen molar-refractivity contribution in [3.8, 4) is 56.8 Å². The molecule has 4 heteroatoms. The van der Waals surface area contributed by atoms with Crippen molar-refractivity contribution in [2.75, 3.05) is 0 Å². The van der Waals surface area contributed by atoms with Crippen molar-refractivity contribution in [1.29, 1.82) is 0 Å². The Hall–Kier alpha value is -7.43. The summed E-state index contributed by atoms with van der Waals surface area (Å²) in [6, 6.07) is 62.4. The van der Waals surface area contributed by atoms with Gasteiger partial charge in [-0.25, -0.2) is 15.0 Å². The highest BCUT2D eigenvalue weighted by molar-refractivity contribution is 6.08. The van der Waals surface area contributed by atoms with Gasteiger partial charge in [0.2, 0.25) is 0 Å². The lowest BCUT2D eigenvalue weighted by atomic mass is 9.61. The zero-order valence-corrected chi connectivity index (χ0v) is 31.5. The molecule has 0 radical (unpaired) electrons. The second-order valence-corrected chi connectivity index (χ2v) is 15.5. The van der Waals surface area contributed by atoms with Gasteiger partial charge >= 0.3 is 0 Å². The van der Waals surface area contributed by atoms with Crippen LogP contribution in [0, 0.1) is 5.92 Å². The molecule has 0 N–H and O–H groups in total. The van der Waals surface area contributed by atoms with Crippen LogP contribution >= 0.6 is 0 Å². The molecule has 58 heavy (non-hydrogen) atoms. The molecular weight excluding hydrogens is 707 g/mol. The van der Waals surface area contributed by atoms with Crippen molar-refractivity contribution >= 4 is 21.5 Å². The SMILES string of the molecule is C1=CC2c3ccccc3C3(c4ccccc4Oc4ccc(-c5ccc(-c6nc(-c7ccccc7)nc(-c7ccc8c(ccc9ccccc98)c7)n6)cc5)cc43)C2C=C1. The maximum atomic E-state index is 6.70. The van der Waals surface area contributed by atoms with E-state index >= 15 is 0 Å². The number of ether oxygens (including phenoxy) is 1. The highest BCUT2D eigenvalue weighted by atomic mass is 16.5. The molecule has 3 aliphatic rings. The smallest absolute Gasteiger partial charge is 0.164 e. The lowest BCUT2D eigenvalue weighted by Crippen LogP contribution is -2.37. The predicted octanol–water partition coefficient (Wildman–Crippen LogP) is 13.1. The lowest BCUT2D eigenvalue weighted by Gasteiger charge is -2.43. The molecule has 0 saturated carbocycles. The molecule has 0 fully saturated rings. The first-order valence-corrected chi connectivity index (χ1v) is 19.9. The molecule has 0 amide bonds. The molecule has 0 saturated heterocycles. The number of allylic oxidation sites excluding steroid dienone is 4. The third-order valence-corrected chi connectivity index (χ3v) is 12.5. The van der Waals surface area contributed by atoms with E-state index in [0.29, 0.717) is 17.5 Å². The minimum Gasteiger partial charge on any atom is -0.457 e.